The van der Waals surface area contributed by atoms with Gasteiger partial charge in [-0.05, 0) is 37.6 Å². The lowest BCUT2D eigenvalue weighted by Gasteiger charge is -2.16. The fourth-order valence-electron chi connectivity index (χ4n) is 4.32. The van der Waals surface area contributed by atoms with Crippen LogP contribution in [0, 0.1) is 6.92 Å². The molecule has 3 heterocycles. The Hall–Kier alpha value is -3.92. The largest absolute Gasteiger partial charge is 0.312 e. The summed E-state index contributed by atoms with van der Waals surface area (Å²) in [6.07, 6.45) is 0.813. The van der Waals surface area contributed by atoms with Crippen molar-refractivity contribution >= 4 is 45.8 Å². The molecule has 5 rings (SSSR count). The maximum atomic E-state index is 12.5. The monoisotopic (exact) mass is 489 g/mol. The van der Waals surface area contributed by atoms with Crippen molar-refractivity contribution < 1.29 is 19.2 Å². The molecule has 35 heavy (non-hydrogen) atoms. The van der Waals surface area contributed by atoms with Crippen molar-refractivity contribution in [2.24, 2.45) is 0 Å². The number of hydrogen-bond acceptors (Lipinski definition) is 7. The molecule has 10 heteroatoms. The summed E-state index contributed by atoms with van der Waals surface area (Å²) in [5.41, 5.74) is 2.79. The number of aromatic nitrogens is 2. The van der Waals surface area contributed by atoms with Gasteiger partial charge >= 0.3 is 0 Å². The first-order valence-electron chi connectivity index (χ1n) is 11.4. The molecule has 0 aliphatic carbocycles. The van der Waals surface area contributed by atoms with Gasteiger partial charge < -0.3 is 10.2 Å². The number of nitrogens with one attached hydrogen (secondary N) is 1. The van der Waals surface area contributed by atoms with E-state index in [2.05, 4.69) is 15.5 Å². The summed E-state index contributed by atoms with van der Waals surface area (Å²) in [6.45, 7) is 2.69. The Morgan fingerprint density at radius 1 is 1.03 bits per heavy atom. The van der Waals surface area contributed by atoms with E-state index in [4.69, 9.17) is 0 Å². The molecule has 0 radical (unpaired) electrons. The second-order valence-corrected chi connectivity index (χ2v) is 9.65. The third-order valence-corrected chi connectivity index (χ3v) is 7.17. The zero-order valence-corrected chi connectivity index (χ0v) is 19.9. The summed E-state index contributed by atoms with van der Waals surface area (Å²) in [5, 5.41) is 12.1. The molecule has 1 atom stereocenters. The van der Waals surface area contributed by atoms with Crippen molar-refractivity contribution in [3.63, 3.8) is 0 Å². The summed E-state index contributed by atoms with van der Waals surface area (Å²) in [5.74, 6) is -0.974. The lowest BCUT2D eigenvalue weighted by atomic mass is 10.1. The number of anilines is 2. The highest BCUT2D eigenvalue weighted by molar-refractivity contribution is 7.15. The smallest absolute Gasteiger partial charge is 0.261 e. The number of amides is 4. The average Bonchev–Trinajstić information content (AvgIpc) is 3.53. The van der Waals surface area contributed by atoms with Gasteiger partial charge in [0.1, 0.15) is 5.01 Å². The second kappa shape index (κ2) is 9.38. The average molecular weight is 490 g/mol. The van der Waals surface area contributed by atoms with Gasteiger partial charge in [0.05, 0.1) is 11.1 Å². The highest BCUT2D eigenvalue weighted by Gasteiger charge is 2.35. The zero-order valence-electron chi connectivity index (χ0n) is 19.1. The fourth-order valence-corrected chi connectivity index (χ4v) is 5.17. The van der Waals surface area contributed by atoms with Crippen molar-refractivity contribution in [3.05, 3.63) is 70.2 Å². The van der Waals surface area contributed by atoms with Crippen LogP contribution in [-0.4, -0.2) is 51.8 Å². The Bertz CT molecular complexity index is 1280. The molecule has 0 bridgehead atoms. The first kappa shape index (κ1) is 22.9. The molecular weight excluding hydrogens is 466 g/mol. The summed E-state index contributed by atoms with van der Waals surface area (Å²) in [7, 11) is 0. The normalized spacial score (nSPS) is 17.3. The highest BCUT2D eigenvalue weighted by atomic mass is 32.1. The molecule has 1 fully saturated rings. The summed E-state index contributed by atoms with van der Waals surface area (Å²) >= 11 is 1.26. The molecule has 2 aliphatic rings. The minimum absolute atomic E-state index is 0.0350. The third-order valence-electron chi connectivity index (χ3n) is 6.17. The molecule has 0 spiro atoms. The van der Waals surface area contributed by atoms with Gasteiger partial charge in [-0.1, -0.05) is 41.2 Å². The predicted octanol–water partition coefficient (Wildman–Crippen LogP) is 3.38. The van der Waals surface area contributed by atoms with E-state index in [-0.39, 0.29) is 42.5 Å². The van der Waals surface area contributed by atoms with Crippen molar-refractivity contribution in [1.82, 2.24) is 15.1 Å². The Morgan fingerprint density at radius 2 is 1.71 bits per heavy atom. The lowest BCUT2D eigenvalue weighted by molar-refractivity contribution is -0.117. The molecule has 1 saturated heterocycles. The van der Waals surface area contributed by atoms with E-state index in [0.717, 1.165) is 11.3 Å². The van der Waals surface area contributed by atoms with Crippen LogP contribution < -0.4 is 10.2 Å². The number of hydrogen-bond donors (Lipinski definition) is 1. The zero-order chi connectivity index (χ0) is 24.5. The van der Waals surface area contributed by atoms with Crippen LogP contribution >= 0.6 is 11.3 Å². The number of nitrogens with zero attached hydrogens (tertiary/aromatic N) is 4. The van der Waals surface area contributed by atoms with E-state index in [1.807, 2.05) is 31.2 Å². The predicted molar refractivity (Wildman–Crippen MR) is 130 cm³/mol. The number of rotatable bonds is 7. The lowest BCUT2D eigenvalue weighted by Crippen LogP contribution is -2.31. The molecule has 1 N–H and O–H groups in total. The van der Waals surface area contributed by atoms with Crippen LogP contribution in [0.15, 0.2) is 48.5 Å². The van der Waals surface area contributed by atoms with Crippen molar-refractivity contribution in [1.29, 1.82) is 0 Å². The van der Waals surface area contributed by atoms with E-state index in [1.165, 1.54) is 16.2 Å². The molecular formula is C25H23N5O4S. The Kier molecular flexibility index (Phi) is 6.12. The molecule has 9 nitrogen and oxygen atoms in total. The minimum Gasteiger partial charge on any atom is -0.312 e. The number of carbonyl (C=O) groups is 4. The van der Waals surface area contributed by atoms with Gasteiger partial charge in [0.2, 0.25) is 16.9 Å². The Labute approximate surface area is 205 Å². The third kappa shape index (κ3) is 4.57. The quantitative estimate of drug-likeness (QED) is 0.509. The Morgan fingerprint density at radius 3 is 2.40 bits per heavy atom. The second-order valence-electron chi connectivity index (χ2n) is 8.65. The standard InChI is InChI=1S/C25H23N5O4S/c1-15-8-10-17(11-9-15)30-14-16(13-21(30)32)22-27-28-25(35-22)26-20(31)7-4-12-29-23(33)18-5-2-3-6-19(18)24(29)34/h2-3,5-6,8-11,16H,4,7,12-14H2,1H3,(H,26,28,31)/t16-/m0/s1. The first-order valence-corrected chi connectivity index (χ1v) is 12.2. The van der Waals surface area contributed by atoms with Crippen LogP contribution in [0.25, 0.3) is 0 Å². The maximum Gasteiger partial charge on any atom is 0.261 e. The van der Waals surface area contributed by atoms with Gasteiger partial charge in [0.15, 0.2) is 0 Å². The van der Waals surface area contributed by atoms with Crippen molar-refractivity contribution in [2.75, 3.05) is 23.3 Å². The van der Waals surface area contributed by atoms with Crippen LogP contribution in [0.5, 0.6) is 0 Å². The summed E-state index contributed by atoms with van der Waals surface area (Å²) in [4.78, 5) is 52.7. The summed E-state index contributed by atoms with van der Waals surface area (Å²) < 4.78 is 0. The molecule has 0 unspecified atom stereocenters. The SMILES string of the molecule is Cc1ccc(N2C[C@@H](c3nnc(NC(=O)CCCN4C(=O)c5ccccc5C4=O)s3)CC2=O)cc1. The van der Waals surface area contributed by atoms with Crippen LogP contribution in [0.3, 0.4) is 0 Å². The van der Waals surface area contributed by atoms with Gasteiger partial charge in [0, 0.05) is 37.5 Å². The van der Waals surface area contributed by atoms with Crippen LogP contribution in [0.4, 0.5) is 10.8 Å². The number of fused-ring (bicyclic) bond motifs is 1. The van der Waals surface area contributed by atoms with E-state index in [0.29, 0.717) is 40.7 Å². The maximum absolute atomic E-state index is 12.5. The van der Waals surface area contributed by atoms with Gasteiger partial charge in [0.25, 0.3) is 11.8 Å². The molecule has 178 valence electrons. The van der Waals surface area contributed by atoms with E-state index in [1.54, 1.807) is 29.2 Å². The topological polar surface area (TPSA) is 113 Å². The molecule has 4 amide bonds. The van der Waals surface area contributed by atoms with Crippen LogP contribution in [0.2, 0.25) is 0 Å². The van der Waals surface area contributed by atoms with Crippen LogP contribution in [-0.2, 0) is 9.59 Å². The van der Waals surface area contributed by atoms with Crippen molar-refractivity contribution in [2.45, 2.75) is 32.1 Å². The fraction of sp³-hybridized carbons (Fsp3) is 0.280. The van der Waals surface area contributed by atoms with Gasteiger partial charge in [-0.15, -0.1) is 10.2 Å². The molecule has 2 aromatic carbocycles. The molecule has 3 aromatic rings. The number of imide groups is 1. The van der Waals surface area contributed by atoms with Gasteiger partial charge in [-0.3, -0.25) is 24.1 Å². The molecule has 0 saturated carbocycles. The Balaban J connectivity index is 1.12. The van der Waals surface area contributed by atoms with Gasteiger partial charge in [-0.25, -0.2) is 0 Å². The number of carbonyl (C=O) groups excluding carboxylic acids is 4. The van der Waals surface area contributed by atoms with E-state index < -0.39 is 0 Å². The van der Waals surface area contributed by atoms with E-state index in [9.17, 15) is 19.2 Å². The number of benzene rings is 2. The van der Waals surface area contributed by atoms with Crippen LogP contribution in [0.1, 0.15) is 56.5 Å². The first-order chi connectivity index (χ1) is 16.9. The number of aryl methyl sites for hydroxylation is 1. The molecule has 2 aliphatic heterocycles. The van der Waals surface area contributed by atoms with Crippen molar-refractivity contribution in [3.8, 4) is 0 Å². The van der Waals surface area contributed by atoms with E-state index >= 15 is 0 Å². The van der Waals surface area contributed by atoms with Gasteiger partial charge in [-0.2, -0.15) is 0 Å². The minimum atomic E-state index is -0.328. The summed E-state index contributed by atoms with van der Waals surface area (Å²) in [6, 6.07) is 14.5. The highest BCUT2D eigenvalue weighted by Crippen LogP contribution is 2.34. The molecule has 1 aromatic heterocycles.